The molecule has 2 nitrogen and oxygen atoms in total. The smallest absolute Gasteiger partial charge is 0.165 e. The Bertz CT molecular complexity index is 418. The summed E-state index contributed by atoms with van der Waals surface area (Å²) in [6.45, 7) is 6.79. The van der Waals surface area contributed by atoms with Crippen LogP contribution >= 0.6 is 11.6 Å². The summed E-state index contributed by atoms with van der Waals surface area (Å²) in [7, 11) is 0. The molecule has 18 heavy (non-hydrogen) atoms. The van der Waals surface area contributed by atoms with Crippen LogP contribution in [-0.4, -0.2) is 12.6 Å². The van der Waals surface area contributed by atoms with Gasteiger partial charge in [-0.2, -0.15) is 0 Å². The van der Waals surface area contributed by atoms with Gasteiger partial charge in [-0.15, -0.1) is 0 Å². The van der Waals surface area contributed by atoms with E-state index < -0.39 is 0 Å². The van der Waals surface area contributed by atoms with Gasteiger partial charge in [-0.3, -0.25) is 0 Å². The quantitative estimate of drug-likeness (QED) is 0.849. The average Bonchev–Trinajstić information content (AvgIpc) is 2.34. The molecule has 100 valence electrons. The molecule has 0 spiro atoms. The second-order valence-electron chi connectivity index (χ2n) is 4.51. The molecule has 1 aromatic rings. The van der Waals surface area contributed by atoms with Gasteiger partial charge in [0.25, 0.3) is 0 Å². The lowest BCUT2D eigenvalue weighted by Gasteiger charge is -2.14. The topological polar surface area (TPSA) is 21.3 Å². The molecule has 0 saturated carbocycles. The first-order valence-corrected chi connectivity index (χ1v) is 6.37. The molecular weight excluding hydrogens is 253 g/mol. The zero-order chi connectivity index (χ0) is 13.5. The Morgan fingerprint density at radius 2 is 2.22 bits per heavy atom. The first-order valence-electron chi connectivity index (χ1n) is 5.94. The van der Waals surface area contributed by atoms with E-state index in [1.807, 2.05) is 26.8 Å². The van der Waals surface area contributed by atoms with E-state index >= 15 is 0 Å². The highest BCUT2D eigenvalue weighted by Crippen LogP contribution is 2.23. The van der Waals surface area contributed by atoms with Gasteiger partial charge < -0.3 is 10.1 Å². The van der Waals surface area contributed by atoms with Crippen molar-refractivity contribution in [3.05, 3.63) is 40.7 Å². The predicted octanol–water partition coefficient (Wildman–Crippen LogP) is 3.85. The van der Waals surface area contributed by atoms with Gasteiger partial charge in [-0.25, -0.2) is 4.39 Å². The zero-order valence-corrected chi connectivity index (χ0v) is 11.7. The van der Waals surface area contributed by atoms with Crippen molar-refractivity contribution < 1.29 is 9.13 Å². The van der Waals surface area contributed by atoms with Gasteiger partial charge >= 0.3 is 0 Å². The van der Waals surface area contributed by atoms with E-state index in [1.165, 1.54) is 11.6 Å². The summed E-state index contributed by atoms with van der Waals surface area (Å²) in [5, 5.41) is 3.24. The van der Waals surface area contributed by atoms with E-state index in [-0.39, 0.29) is 5.82 Å². The highest BCUT2D eigenvalue weighted by Gasteiger charge is 2.10. The molecule has 0 amide bonds. The van der Waals surface area contributed by atoms with Crippen molar-refractivity contribution in [2.24, 2.45) is 0 Å². The number of para-hydroxylation sites is 1. The number of benzene rings is 1. The maximum atomic E-state index is 13.7. The van der Waals surface area contributed by atoms with E-state index in [0.29, 0.717) is 24.9 Å². The molecule has 1 rings (SSSR count). The van der Waals surface area contributed by atoms with Crippen molar-refractivity contribution in [1.29, 1.82) is 0 Å². The molecule has 0 bridgehead atoms. The summed E-state index contributed by atoms with van der Waals surface area (Å²) >= 11 is 5.55. The van der Waals surface area contributed by atoms with Crippen LogP contribution in [-0.2, 0) is 6.54 Å². The van der Waals surface area contributed by atoms with E-state index in [0.717, 1.165) is 11.1 Å². The number of hydrogen-bond donors (Lipinski definition) is 1. The van der Waals surface area contributed by atoms with Crippen molar-refractivity contribution in [1.82, 2.24) is 5.32 Å². The van der Waals surface area contributed by atoms with Gasteiger partial charge in [0, 0.05) is 23.7 Å². The summed E-state index contributed by atoms with van der Waals surface area (Å²) in [5.74, 6) is -0.0519. The second-order valence-corrected chi connectivity index (χ2v) is 4.73. The normalized spacial score (nSPS) is 12.0. The minimum absolute atomic E-state index is 0.291. The standard InChI is InChI=1S/C14H19ClFNO/c1-10(2)17-8-12-5-4-6-13(16)14(12)18-9-11(3)7-15/h4-7,10,17H,8-9H2,1-3H3/b11-7+. The molecule has 0 aliphatic carbocycles. The molecule has 0 unspecified atom stereocenters. The Labute approximate surface area is 113 Å². The summed E-state index contributed by atoms with van der Waals surface area (Å²) in [4.78, 5) is 0. The number of nitrogens with one attached hydrogen (secondary N) is 1. The predicted molar refractivity (Wildman–Crippen MR) is 73.5 cm³/mol. The molecule has 0 atom stereocenters. The van der Waals surface area contributed by atoms with Crippen molar-refractivity contribution >= 4 is 11.6 Å². The van der Waals surface area contributed by atoms with Crippen molar-refractivity contribution in [3.8, 4) is 5.75 Å². The maximum absolute atomic E-state index is 13.7. The average molecular weight is 272 g/mol. The molecule has 0 aliphatic heterocycles. The molecule has 1 N–H and O–H groups in total. The lowest BCUT2D eigenvalue weighted by atomic mass is 10.2. The van der Waals surface area contributed by atoms with Crippen molar-refractivity contribution in [3.63, 3.8) is 0 Å². The molecular formula is C14H19ClFNO. The summed E-state index contributed by atoms with van der Waals surface area (Å²) in [6, 6.07) is 5.27. The SMILES string of the molecule is C/C(=C\Cl)COc1c(F)cccc1CNC(C)C. The highest BCUT2D eigenvalue weighted by molar-refractivity contribution is 6.25. The third-order valence-electron chi connectivity index (χ3n) is 2.38. The maximum Gasteiger partial charge on any atom is 0.165 e. The largest absolute Gasteiger partial charge is 0.486 e. The van der Waals surface area contributed by atoms with Crippen LogP contribution in [0, 0.1) is 5.82 Å². The lowest BCUT2D eigenvalue weighted by Crippen LogP contribution is -2.22. The number of ether oxygens (including phenoxy) is 1. The molecule has 0 aliphatic rings. The number of hydrogen-bond acceptors (Lipinski definition) is 2. The Balaban J connectivity index is 2.80. The van der Waals surface area contributed by atoms with Crippen LogP contribution in [0.3, 0.4) is 0 Å². The molecule has 0 fully saturated rings. The van der Waals surface area contributed by atoms with Crippen molar-refractivity contribution in [2.45, 2.75) is 33.4 Å². The lowest BCUT2D eigenvalue weighted by molar-refractivity contribution is 0.327. The minimum atomic E-state index is -0.347. The molecule has 1 aromatic carbocycles. The van der Waals surface area contributed by atoms with Gasteiger partial charge in [0.2, 0.25) is 0 Å². The van der Waals surface area contributed by atoms with Crippen LogP contribution in [0.1, 0.15) is 26.3 Å². The second kappa shape index (κ2) is 7.39. The van der Waals surface area contributed by atoms with E-state index in [1.54, 1.807) is 6.07 Å². The molecule has 0 aromatic heterocycles. The summed E-state index contributed by atoms with van der Waals surface area (Å²) in [5.41, 5.74) is 3.10. The fourth-order valence-electron chi connectivity index (χ4n) is 1.39. The van der Waals surface area contributed by atoms with Crippen LogP contribution in [0.25, 0.3) is 0 Å². The molecule has 0 radical (unpaired) electrons. The first kappa shape index (κ1) is 15.0. The van der Waals surface area contributed by atoms with Gasteiger partial charge in [0.05, 0.1) is 0 Å². The highest BCUT2D eigenvalue weighted by atomic mass is 35.5. The van der Waals surface area contributed by atoms with Gasteiger partial charge in [0.15, 0.2) is 11.6 Å². The molecule has 4 heteroatoms. The Kier molecular flexibility index (Phi) is 6.16. The van der Waals surface area contributed by atoms with Crippen LogP contribution in [0.4, 0.5) is 4.39 Å². The summed E-state index contributed by atoms with van der Waals surface area (Å²) in [6.07, 6.45) is 0. The van der Waals surface area contributed by atoms with Gasteiger partial charge in [0.1, 0.15) is 6.61 Å². The zero-order valence-electron chi connectivity index (χ0n) is 11.0. The monoisotopic (exact) mass is 271 g/mol. The van der Waals surface area contributed by atoms with E-state index in [4.69, 9.17) is 16.3 Å². The fraction of sp³-hybridized carbons (Fsp3) is 0.429. The van der Waals surface area contributed by atoms with E-state index in [9.17, 15) is 4.39 Å². The third-order valence-corrected chi connectivity index (χ3v) is 2.75. The van der Waals surface area contributed by atoms with E-state index in [2.05, 4.69) is 5.32 Å². The van der Waals surface area contributed by atoms with Crippen LogP contribution in [0.2, 0.25) is 0 Å². The van der Waals surface area contributed by atoms with Crippen molar-refractivity contribution in [2.75, 3.05) is 6.61 Å². The van der Waals surface area contributed by atoms with Crippen LogP contribution in [0.15, 0.2) is 29.3 Å². The van der Waals surface area contributed by atoms with Crippen LogP contribution in [0.5, 0.6) is 5.75 Å². The molecule has 0 saturated heterocycles. The Morgan fingerprint density at radius 3 is 2.83 bits per heavy atom. The van der Waals surface area contributed by atoms with Gasteiger partial charge in [-0.1, -0.05) is 37.6 Å². The summed E-state index contributed by atoms with van der Waals surface area (Å²) < 4.78 is 19.2. The Morgan fingerprint density at radius 1 is 1.50 bits per heavy atom. The van der Waals surface area contributed by atoms with Gasteiger partial charge in [-0.05, 0) is 18.6 Å². The minimum Gasteiger partial charge on any atom is -0.486 e. The molecule has 0 heterocycles. The number of halogens is 2. The van der Waals surface area contributed by atoms with Crippen LogP contribution < -0.4 is 10.1 Å². The third kappa shape index (κ3) is 4.67. The first-order chi connectivity index (χ1) is 8.54. The fourth-order valence-corrected chi connectivity index (χ4v) is 1.45. The number of rotatable bonds is 6. The Hall–Kier alpha value is -1.06.